The van der Waals surface area contributed by atoms with Crippen LogP contribution in [0.15, 0.2) is 29.8 Å². The summed E-state index contributed by atoms with van der Waals surface area (Å²) >= 11 is 6.40. The zero-order chi connectivity index (χ0) is 16.4. The highest BCUT2D eigenvalue weighted by atomic mass is 35.5. The topological polar surface area (TPSA) is 55.8 Å². The Hall–Kier alpha value is -1.62. The van der Waals surface area contributed by atoms with Crippen LogP contribution in [-0.2, 0) is 14.3 Å². The van der Waals surface area contributed by atoms with Gasteiger partial charge in [0.2, 0.25) is 0 Å². The monoisotopic (exact) mass is 334 g/mol. The molecule has 1 saturated heterocycles. The summed E-state index contributed by atoms with van der Waals surface area (Å²) in [4.78, 5) is 10.9. The third kappa shape index (κ3) is 3.50. The molecule has 2 aliphatic rings. The number of hydrogen-bond donors (Lipinski definition) is 1. The average Bonchev–Trinajstić information content (AvgIpc) is 2.97. The summed E-state index contributed by atoms with van der Waals surface area (Å²) in [5.74, 6) is -1.36. The van der Waals surface area contributed by atoms with E-state index in [1.807, 2.05) is 12.1 Å². The Kier molecular flexibility index (Phi) is 4.57. The first-order valence-corrected chi connectivity index (χ1v) is 8.05. The molecule has 1 aromatic carbocycles. The van der Waals surface area contributed by atoms with Crippen molar-refractivity contribution in [2.45, 2.75) is 32.0 Å². The van der Waals surface area contributed by atoms with Crippen molar-refractivity contribution in [3.05, 3.63) is 46.0 Å². The van der Waals surface area contributed by atoms with Crippen molar-refractivity contribution in [1.29, 1.82) is 0 Å². The van der Waals surface area contributed by atoms with Crippen molar-refractivity contribution in [2.75, 3.05) is 13.2 Å². The Morgan fingerprint density at radius 3 is 2.65 bits per heavy atom. The summed E-state index contributed by atoms with van der Waals surface area (Å²) in [6.45, 7) is 2.89. The van der Waals surface area contributed by atoms with Gasteiger partial charge in [-0.25, -0.2) is 4.79 Å². The average molecular weight is 335 g/mol. The smallest absolute Gasteiger partial charge is 0.331 e. The number of carboxylic acids is 1. The summed E-state index contributed by atoms with van der Waals surface area (Å²) in [6, 6.07) is 5.64. The normalized spacial score (nSPS) is 20.6. The molecule has 0 atom stereocenters. The van der Waals surface area contributed by atoms with Crippen molar-refractivity contribution in [1.82, 2.24) is 0 Å². The Labute approximate surface area is 140 Å². The quantitative estimate of drug-likeness (QED) is 0.844. The van der Waals surface area contributed by atoms with E-state index in [4.69, 9.17) is 26.2 Å². The maximum Gasteiger partial charge on any atom is 0.331 e. The first-order valence-electron chi connectivity index (χ1n) is 7.68. The van der Waals surface area contributed by atoms with Gasteiger partial charge in [-0.05, 0) is 42.2 Å². The lowest BCUT2D eigenvalue weighted by Gasteiger charge is -2.31. The maximum absolute atomic E-state index is 10.9. The summed E-state index contributed by atoms with van der Waals surface area (Å²) in [5, 5.41) is 9.57. The van der Waals surface area contributed by atoms with Gasteiger partial charge in [-0.2, -0.15) is 0 Å². The largest absolute Gasteiger partial charge is 0.478 e. The van der Waals surface area contributed by atoms with Crippen LogP contribution in [-0.4, -0.2) is 30.1 Å². The second kappa shape index (κ2) is 6.48. The fourth-order valence-electron chi connectivity index (χ4n) is 3.01. The summed E-state index contributed by atoms with van der Waals surface area (Å²) < 4.78 is 11.4. The molecule has 0 aromatic heterocycles. The predicted octanol–water partition coefficient (Wildman–Crippen LogP) is 4.14. The molecule has 1 fully saturated rings. The third-order valence-electron chi connectivity index (χ3n) is 4.31. The zero-order valence-corrected chi connectivity index (χ0v) is 13.7. The van der Waals surface area contributed by atoms with E-state index in [0.717, 1.165) is 30.4 Å². The van der Waals surface area contributed by atoms with E-state index in [9.17, 15) is 4.79 Å². The van der Waals surface area contributed by atoms with E-state index in [1.165, 1.54) is 5.57 Å². The molecule has 1 aliphatic heterocycles. The number of ether oxygens (including phenoxy) is 2. The molecule has 1 aromatic rings. The van der Waals surface area contributed by atoms with Crippen molar-refractivity contribution < 1.29 is 19.4 Å². The van der Waals surface area contributed by atoms with Crippen molar-refractivity contribution in [2.24, 2.45) is 0 Å². The van der Waals surface area contributed by atoms with Crippen LogP contribution in [0.25, 0.3) is 11.6 Å². The summed E-state index contributed by atoms with van der Waals surface area (Å²) in [5.41, 5.74) is 3.24. The first kappa shape index (κ1) is 16.2. The van der Waals surface area contributed by atoms with Crippen LogP contribution in [0, 0.1) is 0 Å². The van der Waals surface area contributed by atoms with Crippen LogP contribution in [0.2, 0.25) is 5.02 Å². The Bertz CT molecular complexity index is 684. The summed E-state index contributed by atoms with van der Waals surface area (Å²) in [6.07, 6.45) is 6.16. The molecule has 0 amide bonds. The van der Waals surface area contributed by atoms with E-state index >= 15 is 0 Å². The minimum absolute atomic E-state index is 0.281. The molecule has 5 heteroatoms. The standard InChI is InChI=1S/C18H19ClO4/c1-12(17(20)21)10-13-2-3-15(16(19)11-13)14-4-6-18(7-5-14)22-8-9-23-18/h2-4,10-11H,5-9H2,1H3,(H,20,21). The second-order valence-corrected chi connectivity index (χ2v) is 6.32. The fraction of sp³-hybridized carbons (Fsp3) is 0.389. The lowest BCUT2D eigenvalue weighted by Crippen LogP contribution is -2.31. The highest BCUT2D eigenvalue weighted by Gasteiger charge is 2.37. The Morgan fingerprint density at radius 1 is 1.35 bits per heavy atom. The number of carbonyl (C=O) groups is 1. The van der Waals surface area contributed by atoms with E-state index in [0.29, 0.717) is 18.2 Å². The lowest BCUT2D eigenvalue weighted by molar-refractivity contribution is -0.159. The van der Waals surface area contributed by atoms with Crippen molar-refractivity contribution in [3.8, 4) is 0 Å². The van der Waals surface area contributed by atoms with Gasteiger partial charge in [-0.15, -0.1) is 0 Å². The first-order chi connectivity index (χ1) is 11.0. The Morgan fingerprint density at radius 2 is 2.09 bits per heavy atom. The number of benzene rings is 1. The maximum atomic E-state index is 10.9. The molecule has 0 bridgehead atoms. The molecule has 3 rings (SSSR count). The minimum Gasteiger partial charge on any atom is -0.478 e. The van der Waals surface area contributed by atoms with Gasteiger partial charge in [-0.3, -0.25) is 0 Å². The molecule has 23 heavy (non-hydrogen) atoms. The lowest BCUT2D eigenvalue weighted by atomic mass is 9.89. The summed E-state index contributed by atoms with van der Waals surface area (Å²) in [7, 11) is 0. The minimum atomic E-state index is -0.929. The number of carboxylic acid groups (broad SMARTS) is 1. The number of allylic oxidation sites excluding steroid dienone is 1. The second-order valence-electron chi connectivity index (χ2n) is 5.91. The van der Waals surface area contributed by atoms with Crippen LogP contribution >= 0.6 is 11.6 Å². The molecular weight excluding hydrogens is 316 g/mol. The van der Waals surface area contributed by atoms with Gasteiger partial charge >= 0.3 is 5.97 Å². The zero-order valence-electron chi connectivity index (χ0n) is 13.0. The molecule has 1 heterocycles. The van der Waals surface area contributed by atoms with E-state index in [2.05, 4.69) is 6.08 Å². The predicted molar refractivity (Wildman–Crippen MR) is 89.2 cm³/mol. The van der Waals surface area contributed by atoms with Crippen LogP contribution in [0.1, 0.15) is 37.3 Å². The fourth-order valence-corrected chi connectivity index (χ4v) is 3.32. The van der Waals surface area contributed by atoms with E-state index in [1.54, 1.807) is 19.1 Å². The van der Waals surface area contributed by atoms with Crippen LogP contribution in [0.5, 0.6) is 0 Å². The van der Waals surface area contributed by atoms with Gasteiger partial charge in [0.25, 0.3) is 0 Å². The molecule has 1 spiro atoms. The highest BCUT2D eigenvalue weighted by molar-refractivity contribution is 6.32. The van der Waals surface area contributed by atoms with Gasteiger partial charge < -0.3 is 14.6 Å². The molecule has 0 radical (unpaired) electrons. The molecule has 0 unspecified atom stereocenters. The van der Waals surface area contributed by atoms with E-state index < -0.39 is 11.8 Å². The van der Waals surface area contributed by atoms with Crippen LogP contribution in [0.4, 0.5) is 0 Å². The molecule has 1 aliphatic carbocycles. The Balaban J connectivity index is 1.80. The number of hydrogen-bond acceptors (Lipinski definition) is 3. The van der Waals surface area contributed by atoms with Crippen molar-refractivity contribution >= 4 is 29.2 Å². The van der Waals surface area contributed by atoms with Crippen LogP contribution in [0.3, 0.4) is 0 Å². The third-order valence-corrected chi connectivity index (χ3v) is 4.62. The van der Waals surface area contributed by atoms with Gasteiger partial charge in [0.15, 0.2) is 5.79 Å². The SMILES string of the molecule is CC(=Cc1ccc(C2=CCC3(CC2)OCCO3)c(Cl)c1)C(=O)O. The van der Waals surface area contributed by atoms with E-state index in [-0.39, 0.29) is 5.57 Å². The number of rotatable bonds is 3. The van der Waals surface area contributed by atoms with Crippen molar-refractivity contribution in [3.63, 3.8) is 0 Å². The van der Waals surface area contributed by atoms with Gasteiger partial charge in [0, 0.05) is 23.4 Å². The van der Waals surface area contributed by atoms with Gasteiger partial charge in [0.1, 0.15) is 0 Å². The number of aliphatic carboxylic acids is 1. The molecule has 122 valence electrons. The van der Waals surface area contributed by atoms with Gasteiger partial charge in [-0.1, -0.05) is 29.8 Å². The molecular formula is C18H19ClO4. The molecule has 0 saturated carbocycles. The van der Waals surface area contributed by atoms with Crippen LogP contribution < -0.4 is 0 Å². The van der Waals surface area contributed by atoms with Gasteiger partial charge in [0.05, 0.1) is 13.2 Å². The number of halogens is 1. The molecule has 4 nitrogen and oxygen atoms in total. The molecule has 1 N–H and O–H groups in total. The highest BCUT2D eigenvalue weighted by Crippen LogP contribution is 2.40.